The second-order valence-electron chi connectivity index (χ2n) is 8.68. The molecule has 1 amide bonds. The van der Waals surface area contributed by atoms with Crippen LogP contribution >= 0.6 is 0 Å². The van der Waals surface area contributed by atoms with Gasteiger partial charge < -0.3 is 19.5 Å². The molecule has 2 aliphatic rings. The number of piperidine rings is 2. The fourth-order valence-corrected chi connectivity index (χ4v) is 4.16. The molecular formula is C22H28N4O4. The molecule has 0 spiro atoms. The monoisotopic (exact) mass is 412 g/mol. The standard InChI is InChI=1S/C22H28N4O4/c1-22(2,15-24)30-21(28)26-11-17-7-18(12-26)10-25(9-17)13-19(27)14-29-20-5-3-16(8-23)4-6-20/h3-6,17-19,27H,7,9-14H2,1-2H3. The van der Waals surface area contributed by atoms with Gasteiger partial charge >= 0.3 is 6.09 Å². The van der Waals surface area contributed by atoms with Crippen LogP contribution in [0.2, 0.25) is 0 Å². The third-order valence-corrected chi connectivity index (χ3v) is 5.42. The second-order valence-corrected chi connectivity index (χ2v) is 8.68. The maximum atomic E-state index is 12.4. The molecule has 2 aliphatic heterocycles. The van der Waals surface area contributed by atoms with Gasteiger partial charge in [-0.1, -0.05) is 0 Å². The number of hydrogen-bond acceptors (Lipinski definition) is 7. The highest BCUT2D eigenvalue weighted by Crippen LogP contribution is 2.29. The van der Waals surface area contributed by atoms with Gasteiger partial charge in [0, 0.05) is 32.7 Å². The SMILES string of the molecule is CC(C)(C#N)OC(=O)N1CC2CC(CN(CC(O)COc3ccc(C#N)cc3)C2)C1. The average Bonchev–Trinajstić information content (AvgIpc) is 2.71. The Kier molecular flexibility index (Phi) is 6.81. The molecule has 160 valence electrons. The third kappa shape index (κ3) is 5.85. The Hall–Kier alpha value is -2.81. The molecule has 2 fully saturated rings. The highest BCUT2D eigenvalue weighted by atomic mass is 16.6. The lowest BCUT2D eigenvalue weighted by atomic mass is 9.84. The van der Waals surface area contributed by atoms with Crippen LogP contribution in [0.25, 0.3) is 0 Å². The van der Waals surface area contributed by atoms with Crippen molar-refractivity contribution < 1.29 is 19.4 Å². The van der Waals surface area contributed by atoms with Crippen molar-refractivity contribution in [1.29, 1.82) is 10.5 Å². The highest BCUT2D eigenvalue weighted by molar-refractivity contribution is 5.68. The van der Waals surface area contributed by atoms with Crippen LogP contribution in [0, 0.1) is 34.5 Å². The molecular weight excluding hydrogens is 384 g/mol. The Balaban J connectivity index is 1.45. The fraction of sp³-hybridized carbons (Fsp3) is 0.591. The molecule has 2 heterocycles. The Bertz CT molecular complexity index is 813. The predicted molar refractivity (Wildman–Crippen MR) is 108 cm³/mol. The van der Waals surface area contributed by atoms with Crippen molar-refractivity contribution in [1.82, 2.24) is 9.80 Å². The molecule has 1 N–H and O–H groups in total. The van der Waals surface area contributed by atoms with Gasteiger partial charge in [0.1, 0.15) is 24.5 Å². The molecule has 8 nitrogen and oxygen atoms in total. The average molecular weight is 412 g/mol. The van der Waals surface area contributed by atoms with Gasteiger partial charge in [-0.15, -0.1) is 0 Å². The zero-order valence-electron chi connectivity index (χ0n) is 17.5. The molecule has 1 aromatic carbocycles. The zero-order chi connectivity index (χ0) is 21.7. The van der Waals surface area contributed by atoms with Crippen LogP contribution in [0.3, 0.4) is 0 Å². The Morgan fingerprint density at radius 2 is 1.83 bits per heavy atom. The van der Waals surface area contributed by atoms with Gasteiger partial charge in [-0.05, 0) is 56.4 Å². The number of likely N-dealkylation sites (tertiary alicyclic amines) is 2. The van der Waals surface area contributed by atoms with Crippen LogP contribution in [-0.4, -0.2) is 72.0 Å². The molecule has 3 atom stereocenters. The number of nitrogens with zero attached hydrogens (tertiary/aromatic N) is 4. The van der Waals surface area contributed by atoms with Gasteiger partial charge in [0.2, 0.25) is 0 Å². The number of rotatable bonds is 6. The smallest absolute Gasteiger partial charge is 0.411 e. The Morgan fingerprint density at radius 1 is 1.20 bits per heavy atom. The molecule has 0 radical (unpaired) electrons. The van der Waals surface area contributed by atoms with Crippen LogP contribution in [0.5, 0.6) is 5.75 Å². The molecule has 0 aliphatic carbocycles. The summed E-state index contributed by atoms with van der Waals surface area (Å²) in [7, 11) is 0. The molecule has 3 unspecified atom stereocenters. The van der Waals surface area contributed by atoms with Gasteiger partial charge in [0.05, 0.1) is 11.6 Å². The summed E-state index contributed by atoms with van der Waals surface area (Å²) >= 11 is 0. The van der Waals surface area contributed by atoms with Crippen molar-refractivity contribution in [2.45, 2.75) is 32.0 Å². The Labute approximate surface area is 177 Å². The van der Waals surface area contributed by atoms with E-state index in [9.17, 15) is 9.90 Å². The molecule has 2 bridgehead atoms. The minimum absolute atomic E-state index is 0.180. The molecule has 30 heavy (non-hydrogen) atoms. The molecule has 0 saturated carbocycles. The van der Waals surface area contributed by atoms with Crippen molar-refractivity contribution in [2.75, 3.05) is 39.3 Å². The maximum absolute atomic E-state index is 12.4. The lowest BCUT2D eigenvalue weighted by molar-refractivity contribution is -0.0132. The summed E-state index contributed by atoms with van der Waals surface area (Å²) in [5, 5.41) is 28.3. The number of nitriles is 2. The number of fused-ring (bicyclic) bond motifs is 2. The molecule has 0 aromatic heterocycles. The maximum Gasteiger partial charge on any atom is 0.411 e. The van der Waals surface area contributed by atoms with Gasteiger partial charge in [-0.2, -0.15) is 10.5 Å². The first-order chi connectivity index (χ1) is 14.3. The van der Waals surface area contributed by atoms with E-state index in [4.69, 9.17) is 20.0 Å². The number of aliphatic hydroxyl groups is 1. The second kappa shape index (κ2) is 9.34. The number of hydrogen-bond donors (Lipinski definition) is 1. The van der Waals surface area contributed by atoms with Crippen LogP contribution in [0.15, 0.2) is 24.3 Å². The number of aliphatic hydroxyl groups excluding tert-OH is 1. The van der Waals surface area contributed by atoms with Crippen molar-refractivity contribution in [3.63, 3.8) is 0 Å². The van der Waals surface area contributed by atoms with Crippen LogP contribution in [-0.2, 0) is 4.74 Å². The predicted octanol–water partition coefficient (Wildman–Crippen LogP) is 1.99. The summed E-state index contributed by atoms with van der Waals surface area (Å²) in [5.41, 5.74) is -0.564. The number of benzene rings is 1. The summed E-state index contributed by atoms with van der Waals surface area (Å²) < 4.78 is 10.9. The summed E-state index contributed by atoms with van der Waals surface area (Å²) in [6.07, 6.45) is -0.00254. The van der Waals surface area contributed by atoms with Gasteiger partial charge in [-0.3, -0.25) is 4.90 Å². The van der Waals surface area contributed by atoms with E-state index in [1.165, 1.54) is 0 Å². The quantitative estimate of drug-likeness (QED) is 0.761. The van der Waals surface area contributed by atoms with Crippen molar-refractivity contribution in [2.24, 2.45) is 11.8 Å². The van der Waals surface area contributed by atoms with E-state index in [2.05, 4.69) is 11.0 Å². The van der Waals surface area contributed by atoms with Gasteiger partial charge in [0.25, 0.3) is 0 Å². The molecule has 1 aromatic rings. The van der Waals surface area contributed by atoms with Crippen molar-refractivity contribution in [3.05, 3.63) is 29.8 Å². The zero-order valence-corrected chi connectivity index (χ0v) is 17.5. The lowest BCUT2D eigenvalue weighted by Gasteiger charge is -2.46. The van der Waals surface area contributed by atoms with E-state index in [1.807, 2.05) is 6.07 Å². The summed E-state index contributed by atoms with van der Waals surface area (Å²) in [6.45, 7) is 6.66. The van der Waals surface area contributed by atoms with Crippen molar-refractivity contribution >= 4 is 6.09 Å². The van der Waals surface area contributed by atoms with Crippen molar-refractivity contribution in [3.8, 4) is 17.9 Å². The summed E-state index contributed by atoms with van der Waals surface area (Å²) in [5.74, 6) is 1.27. The minimum atomic E-state index is -1.13. The largest absolute Gasteiger partial charge is 0.491 e. The topological polar surface area (TPSA) is 110 Å². The van der Waals surface area contributed by atoms with Crippen LogP contribution in [0.4, 0.5) is 4.79 Å². The molecule has 2 saturated heterocycles. The summed E-state index contributed by atoms with van der Waals surface area (Å²) in [4.78, 5) is 16.3. The van der Waals surface area contributed by atoms with E-state index in [0.717, 1.165) is 19.5 Å². The lowest BCUT2D eigenvalue weighted by Crippen LogP contribution is -2.56. The number of β-amino-alcohol motifs (C(OH)–C–C–N with tert-alkyl or cyclic N) is 1. The fourth-order valence-electron chi connectivity index (χ4n) is 4.16. The van der Waals surface area contributed by atoms with E-state index >= 15 is 0 Å². The number of ether oxygens (including phenoxy) is 2. The van der Waals surface area contributed by atoms with Crippen LogP contribution in [0.1, 0.15) is 25.8 Å². The van der Waals surface area contributed by atoms with E-state index in [0.29, 0.717) is 42.8 Å². The van der Waals surface area contributed by atoms with Crippen LogP contribution < -0.4 is 4.74 Å². The Morgan fingerprint density at radius 3 is 2.40 bits per heavy atom. The first kappa shape index (κ1) is 21.9. The number of carbonyl (C=O) groups excluding carboxylic acids is 1. The van der Waals surface area contributed by atoms with Gasteiger partial charge in [0.15, 0.2) is 5.60 Å². The third-order valence-electron chi connectivity index (χ3n) is 5.42. The molecule has 3 rings (SSSR count). The van der Waals surface area contributed by atoms with E-state index < -0.39 is 17.8 Å². The molecule has 8 heteroatoms. The summed E-state index contributed by atoms with van der Waals surface area (Å²) in [6, 6.07) is 10.9. The van der Waals surface area contributed by atoms with E-state index in [-0.39, 0.29) is 6.61 Å². The first-order valence-corrected chi connectivity index (χ1v) is 10.2. The normalized spacial score (nSPS) is 22.5. The number of carbonyl (C=O) groups is 1. The first-order valence-electron chi connectivity index (χ1n) is 10.2. The minimum Gasteiger partial charge on any atom is -0.491 e. The number of amides is 1. The van der Waals surface area contributed by atoms with E-state index in [1.54, 1.807) is 43.0 Å². The highest BCUT2D eigenvalue weighted by Gasteiger charge is 2.38. The van der Waals surface area contributed by atoms with Gasteiger partial charge in [-0.25, -0.2) is 4.79 Å².